The third kappa shape index (κ3) is 3.15. The third-order valence-corrected chi connectivity index (χ3v) is 6.33. The number of aromatic nitrogens is 4. The van der Waals surface area contributed by atoms with Crippen molar-refractivity contribution in [2.75, 3.05) is 6.54 Å². The van der Waals surface area contributed by atoms with Gasteiger partial charge in [0.15, 0.2) is 0 Å². The predicted molar refractivity (Wildman–Crippen MR) is 108 cm³/mol. The lowest BCUT2D eigenvalue weighted by Crippen LogP contribution is -2.36. The van der Waals surface area contributed by atoms with Crippen molar-refractivity contribution < 1.29 is 0 Å². The van der Waals surface area contributed by atoms with Gasteiger partial charge in [-0.1, -0.05) is 25.3 Å². The fourth-order valence-electron chi connectivity index (χ4n) is 4.80. The van der Waals surface area contributed by atoms with Gasteiger partial charge < -0.3 is 9.38 Å². The van der Waals surface area contributed by atoms with Crippen molar-refractivity contribution >= 4 is 5.52 Å². The number of pyridine rings is 1. The van der Waals surface area contributed by atoms with E-state index in [-0.39, 0.29) is 5.56 Å². The first-order valence-corrected chi connectivity index (χ1v) is 10.5. The summed E-state index contributed by atoms with van der Waals surface area (Å²) < 4.78 is 2.12. The lowest BCUT2D eigenvalue weighted by Gasteiger charge is -2.28. The Kier molecular flexibility index (Phi) is 4.51. The molecule has 28 heavy (non-hydrogen) atoms. The number of hydrogen-bond acceptors (Lipinski definition) is 4. The average molecular weight is 377 g/mol. The van der Waals surface area contributed by atoms with E-state index in [2.05, 4.69) is 20.4 Å². The van der Waals surface area contributed by atoms with Gasteiger partial charge in [0.1, 0.15) is 11.6 Å². The highest BCUT2D eigenvalue weighted by molar-refractivity contribution is 5.53. The molecule has 6 nitrogen and oxygen atoms in total. The fraction of sp³-hybridized carbons (Fsp3) is 0.500. The van der Waals surface area contributed by atoms with Crippen molar-refractivity contribution in [3.63, 3.8) is 0 Å². The van der Waals surface area contributed by atoms with E-state index in [9.17, 15) is 4.79 Å². The third-order valence-electron chi connectivity index (χ3n) is 6.33. The molecule has 2 aliphatic rings. The number of fused-ring (bicyclic) bond motifs is 2. The SMILES string of the molecule is Cc1nc(CN2CCc3nc(C4CCCCC4)[nH]c(=O)c3C2)c2ccccn12. The number of H-pyrrole nitrogens is 1. The van der Waals surface area contributed by atoms with Gasteiger partial charge in [-0.3, -0.25) is 9.69 Å². The van der Waals surface area contributed by atoms with Crippen LogP contribution in [0.15, 0.2) is 29.2 Å². The Balaban J connectivity index is 1.38. The Hall–Kier alpha value is -2.47. The zero-order chi connectivity index (χ0) is 19.1. The van der Waals surface area contributed by atoms with Crippen molar-refractivity contribution in [2.24, 2.45) is 0 Å². The summed E-state index contributed by atoms with van der Waals surface area (Å²) in [5.74, 6) is 2.36. The van der Waals surface area contributed by atoms with E-state index >= 15 is 0 Å². The molecule has 4 heterocycles. The minimum absolute atomic E-state index is 0.0566. The number of nitrogens with one attached hydrogen (secondary N) is 1. The Morgan fingerprint density at radius 2 is 2.04 bits per heavy atom. The van der Waals surface area contributed by atoms with Crippen molar-refractivity contribution in [1.29, 1.82) is 0 Å². The van der Waals surface area contributed by atoms with Crippen LogP contribution in [-0.4, -0.2) is 30.8 Å². The zero-order valence-corrected chi connectivity index (χ0v) is 16.4. The number of hydrogen-bond donors (Lipinski definition) is 1. The van der Waals surface area contributed by atoms with Gasteiger partial charge in [-0.25, -0.2) is 9.97 Å². The second kappa shape index (κ2) is 7.17. The molecule has 1 N–H and O–H groups in total. The van der Waals surface area contributed by atoms with Gasteiger partial charge in [0, 0.05) is 38.2 Å². The largest absolute Gasteiger partial charge is 0.310 e. The van der Waals surface area contributed by atoms with Gasteiger partial charge in [0.25, 0.3) is 5.56 Å². The molecule has 0 radical (unpaired) electrons. The summed E-state index contributed by atoms with van der Waals surface area (Å²) in [6.07, 6.45) is 9.00. The molecular formula is C22H27N5O. The van der Waals surface area contributed by atoms with Crippen molar-refractivity contribution in [3.05, 3.63) is 63.3 Å². The number of aryl methyl sites for hydroxylation is 1. The minimum Gasteiger partial charge on any atom is -0.310 e. The van der Waals surface area contributed by atoms with Crippen LogP contribution >= 0.6 is 0 Å². The maximum atomic E-state index is 12.8. The lowest BCUT2D eigenvalue weighted by atomic mass is 9.88. The number of nitrogens with zero attached hydrogens (tertiary/aromatic N) is 4. The monoisotopic (exact) mass is 377 g/mol. The molecule has 3 aromatic heterocycles. The fourth-order valence-corrected chi connectivity index (χ4v) is 4.80. The Bertz CT molecular complexity index is 1060. The molecule has 0 saturated heterocycles. The molecule has 1 saturated carbocycles. The highest BCUT2D eigenvalue weighted by atomic mass is 16.1. The molecule has 0 aromatic carbocycles. The first-order valence-electron chi connectivity index (χ1n) is 10.5. The Morgan fingerprint density at radius 1 is 1.18 bits per heavy atom. The van der Waals surface area contributed by atoms with Crippen molar-refractivity contribution in [2.45, 2.75) is 64.5 Å². The maximum absolute atomic E-state index is 12.8. The standard InChI is InChI=1S/C22H27N5O/c1-15-23-19(20-9-5-6-11-27(15)20)14-26-12-10-18-17(13-26)22(28)25-21(24-18)16-7-3-2-4-8-16/h5-6,9,11,16H,2-4,7-8,10,12-14H2,1H3,(H,24,25,28). The van der Waals surface area contributed by atoms with E-state index < -0.39 is 0 Å². The zero-order valence-electron chi connectivity index (χ0n) is 16.4. The van der Waals surface area contributed by atoms with Crippen LogP contribution in [0.3, 0.4) is 0 Å². The van der Waals surface area contributed by atoms with E-state index in [1.54, 1.807) is 0 Å². The van der Waals surface area contributed by atoms with Gasteiger partial charge in [0.05, 0.1) is 22.5 Å². The quantitative estimate of drug-likeness (QED) is 0.760. The number of rotatable bonds is 3. The molecule has 3 aromatic rings. The summed E-state index contributed by atoms with van der Waals surface area (Å²) in [5.41, 5.74) is 4.12. The molecule has 1 fully saturated rings. The lowest BCUT2D eigenvalue weighted by molar-refractivity contribution is 0.239. The van der Waals surface area contributed by atoms with Crippen LogP contribution < -0.4 is 5.56 Å². The van der Waals surface area contributed by atoms with Gasteiger partial charge in [-0.2, -0.15) is 0 Å². The summed E-state index contributed by atoms with van der Waals surface area (Å²) in [6.45, 7) is 4.35. The molecule has 5 rings (SSSR count). The molecule has 0 spiro atoms. The Labute approximate surface area is 164 Å². The first-order chi connectivity index (χ1) is 13.7. The molecule has 1 aliphatic carbocycles. The van der Waals surface area contributed by atoms with E-state index in [4.69, 9.17) is 9.97 Å². The van der Waals surface area contributed by atoms with E-state index in [1.807, 2.05) is 25.3 Å². The van der Waals surface area contributed by atoms with Crippen LogP contribution in [0, 0.1) is 6.92 Å². The van der Waals surface area contributed by atoms with Gasteiger partial charge >= 0.3 is 0 Å². The summed E-state index contributed by atoms with van der Waals surface area (Å²) >= 11 is 0. The second-order valence-electron chi connectivity index (χ2n) is 8.23. The second-order valence-corrected chi connectivity index (χ2v) is 8.23. The molecule has 1 aliphatic heterocycles. The van der Waals surface area contributed by atoms with Crippen LogP contribution in [0.1, 0.15) is 66.6 Å². The van der Waals surface area contributed by atoms with E-state index in [1.165, 1.54) is 19.3 Å². The number of aromatic amines is 1. The van der Waals surface area contributed by atoms with Crippen LogP contribution in [0.4, 0.5) is 0 Å². The van der Waals surface area contributed by atoms with Crippen molar-refractivity contribution in [1.82, 2.24) is 24.3 Å². The predicted octanol–water partition coefficient (Wildman–Crippen LogP) is 3.33. The van der Waals surface area contributed by atoms with Gasteiger partial charge in [0.2, 0.25) is 0 Å². The molecule has 146 valence electrons. The van der Waals surface area contributed by atoms with Crippen molar-refractivity contribution in [3.8, 4) is 0 Å². The van der Waals surface area contributed by atoms with E-state index in [0.717, 1.165) is 66.5 Å². The summed E-state index contributed by atoms with van der Waals surface area (Å²) in [5, 5.41) is 0. The maximum Gasteiger partial charge on any atom is 0.255 e. The van der Waals surface area contributed by atoms with E-state index in [0.29, 0.717) is 12.5 Å². The smallest absolute Gasteiger partial charge is 0.255 e. The highest BCUT2D eigenvalue weighted by Gasteiger charge is 2.25. The molecule has 6 heteroatoms. The first kappa shape index (κ1) is 17.6. The number of imidazole rings is 1. The summed E-state index contributed by atoms with van der Waals surface area (Å²) in [4.78, 5) is 27.9. The van der Waals surface area contributed by atoms with Crippen LogP contribution in [0.2, 0.25) is 0 Å². The van der Waals surface area contributed by atoms with Crippen LogP contribution in [-0.2, 0) is 19.5 Å². The minimum atomic E-state index is 0.0566. The topological polar surface area (TPSA) is 66.3 Å². The molecule has 0 amide bonds. The van der Waals surface area contributed by atoms with Crippen LogP contribution in [0.25, 0.3) is 5.52 Å². The Morgan fingerprint density at radius 3 is 2.89 bits per heavy atom. The molecule has 0 unspecified atom stereocenters. The highest BCUT2D eigenvalue weighted by Crippen LogP contribution is 2.31. The van der Waals surface area contributed by atoms with Crippen LogP contribution in [0.5, 0.6) is 0 Å². The molecular weight excluding hydrogens is 350 g/mol. The van der Waals surface area contributed by atoms with Gasteiger partial charge in [-0.05, 0) is 31.9 Å². The molecule has 0 bridgehead atoms. The summed E-state index contributed by atoms with van der Waals surface area (Å²) in [6, 6.07) is 6.18. The normalized spacial score (nSPS) is 18.5. The molecule has 0 atom stereocenters. The average Bonchev–Trinajstić information content (AvgIpc) is 3.05. The summed E-state index contributed by atoms with van der Waals surface area (Å²) in [7, 11) is 0. The van der Waals surface area contributed by atoms with Gasteiger partial charge in [-0.15, -0.1) is 0 Å².